The number of para-hydroxylation sites is 1. The van der Waals surface area contributed by atoms with Crippen LogP contribution in [0.3, 0.4) is 0 Å². The average molecular weight is 430 g/mol. The molecule has 0 aliphatic carbocycles. The number of benzene rings is 1. The van der Waals surface area contributed by atoms with Gasteiger partial charge in [-0.3, -0.25) is 4.79 Å². The van der Waals surface area contributed by atoms with Gasteiger partial charge in [-0.05, 0) is 37.9 Å². The van der Waals surface area contributed by atoms with Crippen LogP contribution in [0, 0.1) is 5.41 Å². The summed E-state index contributed by atoms with van der Waals surface area (Å²) >= 11 is 1.71. The molecule has 7 heteroatoms. The van der Waals surface area contributed by atoms with Crippen molar-refractivity contribution in [3.8, 4) is 0 Å². The number of nitrogens with zero attached hydrogens (tertiary/aromatic N) is 1. The molecule has 0 saturated carbocycles. The maximum Gasteiger partial charge on any atom is 0.226 e. The molecule has 1 amide bonds. The zero-order valence-corrected chi connectivity index (χ0v) is 18.4. The topological polar surface area (TPSA) is 54.0 Å². The first-order chi connectivity index (χ1) is 12.2. The number of thiazole rings is 1. The van der Waals surface area contributed by atoms with E-state index in [2.05, 4.69) is 36.6 Å². The minimum absolute atomic E-state index is 0. The van der Waals surface area contributed by atoms with Crippen molar-refractivity contribution in [3.63, 3.8) is 0 Å². The van der Waals surface area contributed by atoms with Crippen molar-refractivity contribution in [3.05, 3.63) is 40.9 Å². The predicted molar refractivity (Wildman–Crippen MR) is 119 cm³/mol. The number of carbonyl (C=O) groups is 1. The minimum Gasteiger partial charge on any atom is -0.352 e. The van der Waals surface area contributed by atoms with Gasteiger partial charge in [0.25, 0.3) is 0 Å². The Balaban J connectivity index is 0.00000182. The minimum atomic E-state index is -0.374. The quantitative estimate of drug-likeness (QED) is 0.635. The molecule has 27 heavy (non-hydrogen) atoms. The van der Waals surface area contributed by atoms with Crippen LogP contribution >= 0.6 is 36.2 Å². The van der Waals surface area contributed by atoms with Gasteiger partial charge in [0.05, 0.1) is 20.6 Å². The normalized spacial score (nSPS) is 14.1. The second-order valence-electron chi connectivity index (χ2n) is 6.74. The van der Waals surface area contributed by atoms with Gasteiger partial charge in [0.1, 0.15) is 0 Å². The van der Waals surface area contributed by atoms with Crippen LogP contribution < -0.4 is 10.6 Å². The summed E-state index contributed by atoms with van der Waals surface area (Å²) in [6.07, 6.45) is 5.57. The lowest BCUT2D eigenvalue weighted by molar-refractivity contribution is -0.131. The van der Waals surface area contributed by atoms with Crippen molar-refractivity contribution in [2.45, 2.75) is 39.5 Å². The molecule has 0 saturated heterocycles. The molecule has 0 fully saturated rings. The van der Waals surface area contributed by atoms with Crippen LogP contribution in [0.15, 0.2) is 35.9 Å². The number of nitrogens with one attached hydrogen (secondary N) is 2. The molecule has 0 bridgehead atoms. The van der Waals surface area contributed by atoms with E-state index < -0.39 is 0 Å². The number of rotatable bonds is 7. The third-order valence-electron chi connectivity index (χ3n) is 5.30. The second-order valence-corrected chi connectivity index (χ2v) is 7.85. The summed E-state index contributed by atoms with van der Waals surface area (Å²) in [6.45, 7) is 6.80. The monoisotopic (exact) mass is 429 g/mol. The van der Waals surface area contributed by atoms with E-state index in [-0.39, 0.29) is 36.1 Å². The molecular formula is C20H29Cl2N3OS. The number of fused-ring (bicyclic) bond motifs is 1. The molecule has 0 unspecified atom stereocenters. The molecule has 0 atom stereocenters. The smallest absolute Gasteiger partial charge is 0.226 e. The van der Waals surface area contributed by atoms with Crippen molar-refractivity contribution in [2.75, 3.05) is 19.6 Å². The molecule has 1 aromatic carbocycles. The lowest BCUT2D eigenvalue weighted by Gasteiger charge is -2.30. The fraction of sp³-hybridized carbons (Fsp3) is 0.500. The maximum absolute atomic E-state index is 13.0. The first-order valence-corrected chi connectivity index (χ1v) is 10.00. The van der Waals surface area contributed by atoms with Gasteiger partial charge in [-0.15, -0.1) is 36.2 Å². The third-order valence-corrected chi connectivity index (χ3v) is 6.33. The molecular weight excluding hydrogens is 401 g/mol. The molecule has 2 N–H and O–H groups in total. The summed E-state index contributed by atoms with van der Waals surface area (Å²) < 4.78 is 1.19. The largest absolute Gasteiger partial charge is 0.352 e. The number of halogens is 2. The van der Waals surface area contributed by atoms with Crippen LogP contribution in [0.2, 0.25) is 0 Å². The fourth-order valence-corrected chi connectivity index (χ4v) is 4.51. The van der Waals surface area contributed by atoms with Crippen molar-refractivity contribution < 1.29 is 4.79 Å². The van der Waals surface area contributed by atoms with Gasteiger partial charge in [-0.1, -0.05) is 37.6 Å². The lowest BCUT2D eigenvalue weighted by atomic mass is 9.78. The number of amides is 1. The molecule has 4 nitrogen and oxygen atoms in total. The Bertz CT molecular complexity index is 738. The molecule has 1 aromatic heterocycles. The maximum atomic E-state index is 13.0. The van der Waals surface area contributed by atoms with E-state index in [4.69, 9.17) is 4.98 Å². The molecule has 1 aliphatic heterocycles. The van der Waals surface area contributed by atoms with Gasteiger partial charge in [0, 0.05) is 19.5 Å². The van der Waals surface area contributed by atoms with E-state index in [1.807, 2.05) is 18.2 Å². The molecule has 2 aromatic rings. The van der Waals surface area contributed by atoms with E-state index in [0.29, 0.717) is 13.0 Å². The number of hydrogen-bond acceptors (Lipinski definition) is 4. The Morgan fingerprint density at radius 2 is 2.00 bits per heavy atom. The van der Waals surface area contributed by atoms with Gasteiger partial charge < -0.3 is 10.6 Å². The summed E-state index contributed by atoms with van der Waals surface area (Å²) in [4.78, 5) is 17.8. The van der Waals surface area contributed by atoms with Crippen molar-refractivity contribution >= 4 is 52.3 Å². The standard InChI is InChI=1S/C20H27N3OS.2ClH/c1-3-20(4-2,19(24)22-14-15-9-11-21-12-10-15)13-18-23-16-7-5-6-8-17(16)25-18;;/h5-9,21H,3-4,10-14H2,1-2H3,(H,22,24);2*1H. The Morgan fingerprint density at radius 3 is 2.63 bits per heavy atom. The van der Waals surface area contributed by atoms with Crippen LogP contribution in [-0.2, 0) is 11.2 Å². The average Bonchev–Trinajstić information content (AvgIpc) is 3.07. The van der Waals surface area contributed by atoms with Crippen LogP contribution in [-0.4, -0.2) is 30.5 Å². The van der Waals surface area contributed by atoms with Gasteiger partial charge in [-0.25, -0.2) is 4.98 Å². The van der Waals surface area contributed by atoms with E-state index in [9.17, 15) is 4.79 Å². The summed E-state index contributed by atoms with van der Waals surface area (Å²) in [5, 5.41) is 7.55. The van der Waals surface area contributed by atoms with E-state index in [0.717, 1.165) is 42.9 Å². The van der Waals surface area contributed by atoms with Gasteiger partial charge >= 0.3 is 0 Å². The van der Waals surface area contributed by atoms with Crippen molar-refractivity contribution in [2.24, 2.45) is 5.41 Å². The highest BCUT2D eigenvalue weighted by atomic mass is 35.5. The Labute approximate surface area is 178 Å². The summed E-state index contributed by atoms with van der Waals surface area (Å²) in [7, 11) is 0. The van der Waals surface area contributed by atoms with E-state index >= 15 is 0 Å². The predicted octanol–water partition coefficient (Wildman–Crippen LogP) is 4.52. The number of aromatic nitrogens is 1. The second kappa shape index (κ2) is 11.0. The van der Waals surface area contributed by atoms with Crippen LogP contribution in [0.4, 0.5) is 0 Å². The molecule has 1 aliphatic rings. The van der Waals surface area contributed by atoms with E-state index in [1.165, 1.54) is 10.3 Å². The molecule has 0 spiro atoms. The summed E-state index contributed by atoms with van der Waals surface area (Å²) in [5.74, 6) is 0.163. The fourth-order valence-electron chi connectivity index (χ4n) is 3.40. The molecule has 0 radical (unpaired) electrons. The zero-order chi connectivity index (χ0) is 17.7. The Hall–Kier alpha value is -1.14. The zero-order valence-electron chi connectivity index (χ0n) is 15.9. The highest BCUT2D eigenvalue weighted by Gasteiger charge is 2.36. The van der Waals surface area contributed by atoms with Crippen LogP contribution in [0.5, 0.6) is 0 Å². The Kier molecular flexibility index (Phi) is 9.74. The van der Waals surface area contributed by atoms with Crippen LogP contribution in [0.1, 0.15) is 38.1 Å². The molecule has 3 rings (SSSR count). The first-order valence-electron chi connectivity index (χ1n) is 9.18. The van der Waals surface area contributed by atoms with E-state index in [1.54, 1.807) is 11.3 Å². The highest BCUT2D eigenvalue weighted by Crippen LogP contribution is 2.34. The van der Waals surface area contributed by atoms with Crippen molar-refractivity contribution in [1.82, 2.24) is 15.6 Å². The van der Waals surface area contributed by atoms with Gasteiger partial charge in [0.15, 0.2) is 0 Å². The molecule has 150 valence electrons. The Morgan fingerprint density at radius 1 is 1.26 bits per heavy atom. The first kappa shape index (κ1) is 23.9. The summed E-state index contributed by atoms with van der Waals surface area (Å²) in [5.41, 5.74) is 1.98. The van der Waals surface area contributed by atoms with Gasteiger partial charge in [-0.2, -0.15) is 0 Å². The number of carbonyl (C=O) groups excluding carboxylic acids is 1. The number of hydrogen-bond donors (Lipinski definition) is 2. The van der Waals surface area contributed by atoms with Crippen molar-refractivity contribution in [1.29, 1.82) is 0 Å². The highest BCUT2D eigenvalue weighted by molar-refractivity contribution is 7.18. The van der Waals surface area contributed by atoms with Crippen LogP contribution in [0.25, 0.3) is 10.2 Å². The lowest BCUT2D eigenvalue weighted by Crippen LogP contribution is -2.43. The van der Waals surface area contributed by atoms with Gasteiger partial charge in [0.2, 0.25) is 5.91 Å². The third kappa shape index (κ3) is 5.67. The SMILES string of the molecule is CCC(CC)(Cc1nc2ccccc2s1)C(=O)NCC1=CCNCC1.Cl.Cl. The summed E-state index contributed by atoms with van der Waals surface area (Å²) in [6, 6.07) is 8.19. The molecule has 2 heterocycles.